The normalized spacial score (nSPS) is 25.2. The summed E-state index contributed by atoms with van der Waals surface area (Å²) in [5.41, 5.74) is 0.421. The molecule has 118 valence electrons. The van der Waals surface area contributed by atoms with E-state index >= 15 is 0 Å². The lowest BCUT2D eigenvalue weighted by Crippen LogP contribution is -2.34. The van der Waals surface area contributed by atoms with E-state index < -0.39 is 11.6 Å². The average Bonchev–Trinajstić information content (AvgIpc) is 2.76. The van der Waals surface area contributed by atoms with Crippen molar-refractivity contribution in [1.82, 2.24) is 4.90 Å². The summed E-state index contributed by atoms with van der Waals surface area (Å²) in [4.78, 5) is 11.6. The molecule has 0 amide bonds. The van der Waals surface area contributed by atoms with Crippen molar-refractivity contribution >= 4 is 5.97 Å². The predicted molar refractivity (Wildman–Crippen MR) is 84.2 cm³/mol. The number of hydrogen-bond donors (Lipinski definition) is 2. The lowest BCUT2D eigenvalue weighted by Gasteiger charge is -2.29. The van der Waals surface area contributed by atoms with Crippen molar-refractivity contribution in [3.8, 4) is 0 Å². The fourth-order valence-electron chi connectivity index (χ4n) is 2.86. The zero-order chi connectivity index (χ0) is 15.9. The van der Waals surface area contributed by atoms with Crippen LogP contribution in [0.4, 0.5) is 0 Å². The number of hydrogen-bond acceptors (Lipinski definition) is 3. The van der Waals surface area contributed by atoms with E-state index in [1.165, 1.54) is 0 Å². The molecule has 1 aromatic carbocycles. The Kier molecular flexibility index (Phi) is 6.85. The third-order valence-electron chi connectivity index (χ3n) is 3.93. The van der Waals surface area contributed by atoms with Gasteiger partial charge in [0.15, 0.2) is 0 Å². The molecule has 1 fully saturated rings. The molecule has 0 aromatic heterocycles. The van der Waals surface area contributed by atoms with Gasteiger partial charge in [-0.1, -0.05) is 50.6 Å². The molecule has 4 heteroatoms. The molecule has 1 aliphatic heterocycles. The smallest absolute Gasteiger partial charge is 0.303 e. The van der Waals surface area contributed by atoms with Crippen molar-refractivity contribution in [2.24, 2.45) is 5.92 Å². The molecule has 0 bridgehead atoms. The second-order valence-corrected chi connectivity index (χ2v) is 5.72. The predicted octanol–water partition coefficient (Wildman–Crippen LogP) is 2.72. The highest BCUT2D eigenvalue weighted by molar-refractivity contribution is 5.66. The highest BCUT2D eigenvalue weighted by Gasteiger charge is 2.44. The highest BCUT2D eigenvalue weighted by atomic mass is 16.4. The number of likely N-dealkylation sites (tertiary alicyclic amines) is 1. The molecule has 1 saturated heterocycles. The molecule has 2 rings (SSSR count). The number of aliphatic carboxylic acids is 1. The van der Waals surface area contributed by atoms with Gasteiger partial charge in [-0.15, -0.1) is 0 Å². The Balaban J connectivity index is 0.000000383. The molecule has 2 N–H and O–H groups in total. The van der Waals surface area contributed by atoms with Crippen LogP contribution >= 0.6 is 0 Å². The Morgan fingerprint density at radius 2 is 1.90 bits per heavy atom. The number of aliphatic hydroxyl groups is 1. The molecule has 0 radical (unpaired) electrons. The number of nitrogens with zero attached hydrogens (tertiary/aromatic N) is 1. The number of carboxylic acid groups (broad SMARTS) is 1. The minimum absolute atomic E-state index is 0.222. The monoisotopic (exact) mass is 293 g/mol. The van der Waals surface area contributed by atoms with Gasteiger partial charge in [-0.25, -0.2) is 0 Å². The van der Waals surface area contributed by atoms with Crippen LogP contribution in [-0.4, -0.2) is 41.2 Å². The first-order chi connectivity index (χ1) is 9.93. The number of benzene rings is 1. The van der Waals surface area contributed by atoms with E-state index in [1.807, 2.05) is 30.3 Å². The molecular weight excluding hydrogens is 266 g/mol. The van der Waals surface area contributed by atoms with E-state index in [1.54, 1.807) is 6.92 Å². The molecular formula is C17H27NO3. The summed E-state index contributed by atoms with van der Waals surface area (Å²) in [6, 6.07) is 10.1. The minimum Gasteiger partial charge on any atom is -0.481 e. The summed E-state index contributed by atoms with van der Waals surface area (Å²) in [6.07, 6.45) is 2.45. The number of carboxylic acids is 1. The van der Waals surface area contributed by atoms with Crippen LogP contribution in [0.25, 0.3) is 0 Å². The Bertz CT molecular complexity index is 435. The Morgan fingerprint density at radius 3 is 2.38 bits per heavy atom. The van der Waals surface area contributed by atoms with Gasteiger partial charge in [0, 0.05) is 25.4 Å². The molecule has 4 nitrogen and oxygen atoms in total. The van der Waals surface area contributed by atoms with Crippen LogP contribution in [-0.2, 0) is 10.4 Å². The summed E-state index contributed by atoms with van der Waals surface area (Å²) in [6.45, 7) is 5.53. The quantitative estimate of drug-likeness (QED) is 0.896. The van der Waals surface area contributed by atoms with Crippen LogP contribution in [0.5, 0.6) is 0 Å². The zero-order valence-corrected chi connectivity index (χ0v) is 13.2. The number of carbonyl (C=O) groups is 1. The molecule has 0 saturated carbocycles. The number of β-amino-alcohol motifs (C(OH)–C–C–N with tert-alkyl or cyclic N) is 1. The van der Waals surface area contributed by atoms with E-state index in [9.17, 15) is 9.90 Å². The fraction of sp³-hybridized carbons (Fsp3) is 0.588. The fourth-order valence-corrected chi connectivity index (χ4v) is 2.86. The standard InChI is InChI=1S/C14H21NO.C3H6O2/c1-3-7-13-10-15(2)11-14(13,16)12-8-5-4-6-9-12;1-2-3(4)5/h4-6,8-9,13,16H,3,7,10-11H2,1-2H3;2H2,1H3,(H,4,5). The van der Waals surface area contributed by atoms with Gasteiger partial charge in [0.25, 0.3) is 0 Å². The number of rotatable bonds is 4. The van der Waals surface area contributed by atoms with Crippen LogP contribution in [0, 0.1) is 5.92 Å². The summed E-state index contributed by atoms with van der Waals surface area (Å²) in [5, 5.41) is 18.6. The van der Waals surface area contributed by atoms with Crippen molar-refractivity contribution in [1.29, 1.82) is 0 Å². The van der Waals surface area contributed by atoms with Crippen molar-refractivity contribution in [2.75, 3.05) is 20.1 Å². The van der Waals surface area contributed by atoms with Crippen molar-refractivity contribution < 1.29 is 15.0 Å². The van der Waals surface area contributed by atoms with Crippen LogP contribution in [0.15, 0.2) is 30.3 Å². The van der Waals surface area contributed by atoms with Crippen molar-refractivity contribution in [3.63, 3.8) is 0 Å². The lowest BCUT2D eigenvalue weighted by molar-refractivity contribution is -0.136. The second kappa shape index (κ2) is 8.15. The van der Waals surface area contributed by atoms with Gasteiger partial charge in [0.05, 0.1) is 0 Å². The maximum absolute atomic E-state index is 10.9. The third-order valence-corrected chi connectivity index (χ3v) is 3.93. The van der Waals surface area contributed by atoms with E-state index in [0.717, 1.165) is 31.5 Å². The first-order valence-corrected chi connectivity index (χ1v) is 7.62. The first-order valence-electron chi connectivity index (χ1n) is 7.62. The summed E-state index contributed by atoms with van der Waals surface area (Å²) in [5.74, 6) is -0.380. The van der Waals surface area contributed by atoms with Gasteiger partial charge < -0.3 is 15.1 Å². The molecule has 0 spiro atoms. The maximum Gasteiger partial charge on any atom is 0.303 e. The largest absolute Gasteiger partial charge is 0.481 e. The van der Waals surface area contributed by atoms with Crippen molar-refractivity contribution in [2.45, 2.75) is 38.7 Å². The molecule has 1 aliphatic rings. The Hall–Kier alpha value is -1.39. The van der Waals surface area contributed by atoms with Crippen LogP contribution in [0.3, 0.4) is 0 Å². The molecule has 1 aromatic rings. The van der Waals surface area contributed by atoms with Crippen molar-refractivity contribution in [3.05, 3.63) is 35.9 Å². The molecule has 2 atom stereocenters. The lowest BCUT2D eigenvalue weighted by atomic mass is 9.82. The molecule has 21 heavy (non-hydrogen) atoms. The third kappa shape index (κ3) is 4.83. The Morgan fingerprint density at radius 1 is 1.33 bits per heavy atom. The van der Waals surface area contributed by atoms with Gasteiger partial charge in [0.2, 0.25) is 0 Å². The van der Waals surface area contributed by atoms with Crippen LogP contribution in [0.2, 0.25) is 0 Å². The zero-order valence-electron chi connectivity index (χ0n) is 13.2. The van der Waals surface area contributed by atoms with Crippen LogP contribution in [0.1, 0.15) is 38.7 Å². The van der Waals surface area contributed by atoms with E-state index in [4.69, 9.17) is 5.11 Å². The van der Waals surface area contributed by atoms with E-state index in [0.29, 0.717) is 5.92 Å². The molecule has 0 aliphatic carbocycles. The highest BCUT2D eigenvalue weighted by Crippen LogP contribution is 2.38. The van der Waals surface area contributed by atoms with E-state index in [2.05, 4.69) is 18.9 Å². The second-order valence-electron chi connectivity index (χ2n) is 5.72. The first kappa shape index (κ1) is 17.7. The van der Waals surface area contributed by atoms with Gasteiger partial charge in [0.1, 0.15) is 5.60 Å². The van der Waals surface area contributed by atoms with Gasteiger partial charge >= 0.3 is 5.97 Å². The Labute approximate surface area is 127 Å². The molecule has 1 heterocycles. The SMILES string of the molecule is CCC(=O)O.CCCC1CN(C)CC1(O)c1ccccc1. The topological polar surface area (TPSA) is 60.8 Å². The van der Waals surface area contributed by atoms with Gasteiger partial charge in [-0.05, 0) is 19.0 Å². The van der Waals surface area contributed by atoms with Crippen LogP contribution < -0.4 is 0 Å². The maximum atomic E-state index is 10.9. The molecule has 2 unspecified atom stereocenters. The van der Waals surface area contributed by atoms with E-state index in [-0.39, 0.29) is 6.42 Å². The number of likely N-dealkylation sites (N-methyl/N-ethyl adjacent to an activating group) is 1. The van der Waals surface area contributed by atoms with Gasteiger partial charge in [-0.3, -0.25) is 4.79 Å². The average molecular weight is 293 g/mol. The summed E-state index contributed by atoms with van der Waals surface area (Å²) >= 11 is 0. The summed E-state index contributed by atoms with van der Waals surface area (Å²) in [7, 11) is 2.09. The van der Waals surface area contributed by atoms with Gasteiger partial charge in [-0.2, -0.15) is 0 Å². The summed E-state index contributed by atoms with van der Waals surface area (Å²) < 4.78 is 0. The minimum atomic E-state index is -0.745.